The van der Waals surface area contributed by atoms with E-state index in [2.05, 4.69) is 0 Å². The van der Waals surface area contributed by atoms with Crippen molar-refractivity contribution in [1.82, 2.24) is 0 Å². The molecule has 38 heavy (non-hydrogen) atoms. The third kappa shape index (κ3) is 11.6. The van der Waals surface area contributed by atoms with Crippen LogP contribution in [0.25, 0.3) is 0 Å². The molecule has 3 N–H and O–H groups in total. The molecular formula is C29H45NO8. The second kappa shape index (κ2) is 16.1. The van der Waals surface area contributed by atoms with E-state index in [0.717, 1.165) is 0 Å². The number of carboxylic acid groups (broad SMARTS) is 1. The van der Waals surface area contributed by atoms with Gasteiger partial charge in [0.15, 0.2) is 11.5 Å². The Kier molecular flexibility index (Phi) is 14.0. The maximum absolute atomic E-state index is 12.5. The SMILES string of the molecule is CCC(C)C(=O)OC(C)CC(c1ccc(OC(=O)CCC(C)C)c(OC(=O)CCC(C)C)c1)[C@H](N)C(=O)O. The highest BCUT2D eigenvalue weighted by Crippen LogP contribution is 2.35. The number of rotatable bonds is 16. The van der Waals surface area contributed by atoms with Gasteiger partial charge in [0.2, 0.25) is 0 Å². The fraction of sp³-hybridized carbons (Fsp3) is 0.655. The summed E-state index contributed by atoms with van der Waals surface area (Å²) in [6.07, 6.45) is 1.76. The lowest BCUT2D eigenvalue weighted by Gasteiger charge is -2.26. The molecule has 0 aromatic heterocycles. The second-order valence-electron chi connectivity index (χ2n) is 10.8. The van der Waals surface area contributed by atoms with E-state index in [4.69, 9.17) is 19.9 Å². The molecule has 214 valence electrons. The minimum Gasteiger partial charge on any atom is -0.480 e. The van der Waals surface area contributed by atoms with Crippen LogP contribution in [-0.4, -0.2) is 41.1 Å². The van der Waals surface area contributed by atoms with Crippen LogP contribution in [0.15, 0.2) is 18.2 Å². The van der Waals surface area contributed by atoms with E-state index in [1.807, 2.05) is 34.6 Å². The van der Waals surface area contributed by atoms with Gasteiger partial charge >= 0.3 is 23.9 Å². The van der Waals surface area contributed by atoms with Gasteiger partial charge in [0.25, 0.3) is 0 Å². The number of esters is 3. The Labute approximate surface area is 226 Å². The Bertz CT molecular complexity index is 943. The zero-order chi connectivity index (χ0) is 29.0. The molecule has 1 rings (SSSR count). The molecule has 9 heteroatoms. The minimum atomic E-state index is -1.32. The Morgan fingerprint density at radius 2 is 1.39 bits per heavy atom. The summed E-state index contributed by atoms with van der Waals surface area (Å²) in [6, 6.07) is 3.23. The number of carbonyl (C=O) groups excluding carboxylic acids is 3. The van der Waals surface area contributed by atoms with E-state index in [1.54, 1.807) is 19.9 Å². The third-order valence-corrected chi connectivity index (χ3v) is 6.33. The van der Waals surface area contributed by atoms with Crippen LogP contribution in [0.4, 0.5) is 0 Å². The Balaban J connectivity index is 3.31. The lowest BCUT2D eigenvalue weighted by Crippen LogP contribution is -2.38. The lowest BCUT2D eigenvalue weighted by molar-refractivity contribution is -0.153. The number of nitrogens with two attached hydrogens (primary N) is 1. The molecule has 0 saturated heterocycles. The van der Waals surface area contributed by atoms with Gasteiger partial charge in [-0.15, -0.1) is 0 Å². The third-order valence-electron chi connectivity index (χ3n) is 6.33. The lowest BCUT2D eigenvalue weighted by atomic mass is 9.87. The summed E-state index contributed by atoms with van der Waals surface area (Å²) in [6.45, 7) is 13.3. The molecule has 0 fully saturated rings. The molecule has 1 aromatic carbocycles. The van der Waals surface area contributed by atoms with Crippen LogP contribution in [0.1, 0.15) is 98.5 Å². The van der Waals surface area contributed by atoms with Crippen LogP contribution < -0.4 is 15.2 Å². The molecule has 0 radical (unpaired) electrons. The first-order valence-electron chi connectivity index (χ1n) is 13.5. The molecule has 0 amide bonds. The van der Waals surface area contributed by atoms with Crippen molar-refractivity contribution in [2.45, 2.75) is 105 Å². The van der Waals surface area contributed by atoms with Crippen molar-refractivity contribution in [2.24, 2.45) is 23.5 Å². The van der Waals surface area contributed by atoms with Crippen molar-refractivity contribution in [3.63, 3.8) is 0 Å². The highest BCUT2D eigenvalue weighted by molar-refractivity contribution is 5.77. The van der Waals surface area contributed by atoms with E-state index in [0.29, 0.717) is 36.7 Å². The predicted octanol–water partition coefficient (Wildman–Crippen LogP) is 5.23. The summed E-state index contributed by atoms with van der Waals surface area (Å²) < 4.78 is 16.6. The number of benzene rings is 1. The summed E-state index contributed by atoms with van der Waals surface area (Å²) in [5.41, 5.74) is 6.50. The molecule has 0 heterocycles. The van der Waals surface area contributed by atoms with Crippen LogP contribution in [-0.2, 0) is 23.9 Å². The monoisotopic (exact) mass is 535 g/mol. The number of aliphatic carboxylic acids is 1. The molecular weight excluding hydrogens is 490 g/mol. The summed E-state index contributed by atoms with van der Waals surface area (Å²) >= 11 is 0. The minimum absolute atomic E-state index is 0.0148. The normalized spacial score (nSPS) is 14.5. The van der Waals surface area contributed by atoms with E-state index in [-0.39, 0.29) is 42.6 Å². The van der Waals surface area contributed by atoms with E-state index >= 15 is 0 Å². The summed E-state index contributed by atoms with van der Waals surface area (Å²) in [4.78, 5) is 49.0. The van der Waals surface area contributed by atoms with Gasteiger partial charge in [-0.3, -0.25) is 19.2 Å². The number of hydrogen-bond acceptors (Lipinski definition) is 8. The highest BCUT2D eigenvalue weighted by Gasteiger charge is 2.30. The summed E-state index contributed by atoms with van der Waals surface area (Å²) in [5, 5.41) is 9.66. The van der Waals surface area contributed by atoms with Crippen molar-refractivity contribution in [3.8, 4) is 11.5 Å². The van der Waals surface area contributed by atoms with Gasteiger partial charge in [-0.1, -0.05) is 47.6 Å². The highest BCUT2D eigenvalue weighted by atomic mass is 16.6. The zero-order valence-corrected chi connectivity index (χ0v) is 23.8. The molecule has 3 unspecified atom stereocenters. The topological polar surface area (TPSA) is 142 Å². The van der Waals surface area contributed by atoms with Gasteiger partial charge in [-0.2, -0.15) is 0 Å². The zero-order valence-electron chi connectivity index (χ0n) is 23.8. The molecule has 0 spiro atoms. The molecule has 9 nitrogen and oxygen atoms in total. The fourth-order valence-corrected chi connectivity index (χ4v) is 3.63. The summed E-state index contributed by atoms with van der Waals surface area (Å²) in [7, 11) is 0. The Hall–Kier alpha value is -2.94. The van der Waals surface area contributed by atoms with Gasteiger partial charge in [-0.05, 0) is 62.1 Å². The van der Waals surface area contributed by atoms with E-state index in [1.165, 1.54) is 12.1 Å². The molecule has 0 aliphatic heterocycles. The standard InChI is InChI=1S/C29H45NO8/c1-8-19(6)29(35)36-20(7)15-22(27(30)28(33)34)21-11-12-23(37-25(31)13-9-17(2)3)24(16-21)38-26(32)14-10-18(4)5/h11-12,16-20,22,27H,8-10,13-15,30H2,1-7H3,(H,33,34)/t19?,20?,22?,27-/m0/s1. The number of ether oxygens (including phenoxy) is 3. The second-order valence-corrected chi connectivity index (χ2v) is 10.8. The molecule has 0 saturated carbocycles. The van der Waals surface area contributed by atoms with E-state index < -0.39 is 36.0 Å². The smallest absolute Gasteiger partial charge is 0.321 e. The first-order chi connectivity index (χ1) is 17.7. The van der Waals surface area contributed by atoms with Gasteiger partial charge in [0.1, 0.15) is 6.04 Å². The summed E-state index contributed by atoms with van der Waals surface area (Å²) in [5.74, 6) is -2.92. The van der Waals surface area contributed by atoms with Crippen molar-refractivity contribution < 1.29 is 38.5 Å². The molecule has 4 atom stereocenters. The average molecular weight is 536 g/mol. The maximum Gasteiger partial charge on any atom is 0.321 e. The molecule has 0 aliphatic rings. The first kappa shape index (κ1) is 33.1. The predicted molar refractivity (Wildman–Crippen MR) is 144 cm³/mol. The quantitative estimate of drug-likeness (QED) is 0.215. The Morgan fingerprint density at radius 3 is 1.87 bits per heavy atom. The number of carboxylic acids is 1. The molecule has 0 bridgehead atoms. The van der Waals surface area contributed by atoms with Crippen LogP contribution in [0.3, 0.4) is 0 Å². The number of carbonyl (C=O) groups is 4. The van der Waals surface area contributed by atoms with Crippen molar-refractivity contribution in [2.75, 3.05) is 0 Å². The largest absolute Gasteiger partial charge is 0.480 e. The fourth-order valence-electron chi connectivity index (χ4n) is 3.63. The van der Waals surface area contributed by atoms with Gasteiger partial charge < -0.3 is 25.1 Å². The average Bonchev–Trinajstić information content (AvgIpc) is 2.84. The van der Waals surface area contributed by atoms with E-state index in [9.17, 15) is 24.3 Å². The van der Waals surface area contributed by atoms with Crippen LogP contribution in [0, 0.1) is 17.8 Å². The van der Waals surface area contributed by atoms with Crippen molar-refractivity contribution >= 4 is 23.9 Å². The molecule has 1 aromatic rings. The number of hydrogen-bond donors (Lipinski definition) is 2. The Morgan fingerprint density at radius 1 is 0.868 bits per heavy atom. The maximum atomic E-state index is 12.5. The van der Waals surface area contributed by atoms with Crippen LogP contribution >= 0.6 is 0 Å². The van der Waals surface area contributed by atoms with Crippen LogP contribution in [0.2, 0.25) is 0 Å². The van der Waals surface area contributed by atoms with Crippen molar-refractivity contribution in [1.29, 1.82) is 0 Å². The van der Waals surface area contributed by atoms with Gasteiger partial charge in [-0.25, -0.2) is 0 Å². The molecule has 0 aliphatic carbocycles. The van der Waals surface area contributed by atoms with Crippen LogP contribution in [0.5, 0.6) is 11.5 Å². The first-order valence-corrected chi connectivity index (χ1v) is 13.5. The van der Waals surface area contributed by atoms with Gasteiger partial charge in [0, 0.05) is 18.8 Å². The van der Waals surface area contributed by atoms with Gasteiger partial charge in [0.05, 0.1) is 12.0 Å². The van der Waals surface area contributed by atoms with Crippen molar-refractivity contribution in [3.05, 3.63) is 23.8 Å².